The van der Waals surface area contributed by atoms with Gasteiger partial charge in [-0.2, -0.15) is 0 Å². The van der Waals surface area contributed by atoms with Crippen LogP contribution in [0, 0.1) is 10.8 Å². The maximum absolute atomic E-state index is 11.1. The maximum atomic E-state index is 11.1. The molecule has 0 saturated heterocycles. The molecule has 0 unspecified atom stereocenters. The van der Waals surface area contributed by atoms with E-state index >= 15 is 0 Å². The minimum atomic E-state index is -0.526. The molecule has 2 rings (SSSR count). The summed E-state index contributed by atoms with van der Waals surface area (Å²) < 4.78 is 15.5. The van der Waals surface area contributed by atoms with Crippen molar-refractivity contribution in [1.82, 2.24) is 0 Å². The van der Waals surface area contributed by atoms with Gasteiger partial charge in [0.05, 0.1) is 12.3 Å². The van der Waals surface area contributed by atoms with E-state index in [0.717, 1.165) is 6.08 Å². The Morgan fingerprint density at radius 3 is 2.57 bits per heavy atom. The number of para-hydroxylation sites is 2. The molecular weight excluding hydrogens is 272 g/mol. The Labute approximate surface area is 121 Å². The fourth-order valence-electron chi connectivity index (χ4n) is 1.58. The van der Waals surface area contributed by atoms with E-state index in [4.69, 9.17) is 25.0 Å². The molecule has 0 spiro atoms. The molecule has 0 radical (unpaired) electrons. The first-order valence-corrected chi connectivity index (χ1v) is 6.29. The minimum absolute atomic E-state index is 0.00853. The molecule has 6 nitrogen and oxygen atoms in total. The zero-order valence-electron chi connectivity index (χ0n) is 11.4. The topological polar surface area (TPSA) is 92.5 Å². The smallest absolute Gasteiger partial charge is 0.330 e. The molecule has 21 heavy (non-hydrogen) atoms. The lowest BCUT2D eigenvalue weighted by Crippen LogP contribution is -2.21. The van der Waals surface area contributed by atoms with Crippen LogP contribution in [0.1, 0.15) is 6.92 Å². The summed E-state index contributed by atoms with van der Waals surface area (Å²) in [4.78, 5) is 11.1. The van der Waals surface area contributed by atoms with Crippen molar-refractivity contribution in [3.8, 4) is 11.5 Å². The molecule has 0 fully saturated rings. The van der Waals surface area contributed by atoms with Gasteiger partial charge in [-0.25, -0.2) is 4.79 Å². The highest BCUT2D eigenvalue weighted by Gasteiger charge is 2.21. The summed E-state index contributed by atoms with van der Waals surface area (Å²) >= 11 is 0. The number of hydrogen-bond donors (Lipinski definition) is 2. The van der Waals surface area contributed by atoms with Crippen molar-refractivity contribution in [1.29, 1.82) is 10.8 Å². The zero-order chi connectivity index (χ0) is 15.2. The van der Waals surface area contributed by atoms with Crippen LogP contribution in [-0.2, 0) is 9.53 Å². The molecular formula is C15H14N2O4. The van der Waals surface area contributed by atoms with Gasteiger partial charge in [-0.15, -0.1) is 0 Å². The van der Waals surface area contributed by atoms with Gasteiger partial charge in [-0.3, -0.25) is 5.41 Å². The van der Waals surface area contributed by atoms with E-state index < -0.39 is 5.97 Å². The third kappa shape index (κ3) is 3.79. The Kier molecular flexibility index (Phi) is 4.50. The number of esters is 1. The minimum Gasteiger partial charge on any atom is -0.463 e. The van der Waals surface area contributed by atoms with Crippen molar-refractivity contribution < 1.29 is 19.0 Å². The number of carbonyl (C=O) groups is 1. The number of rotatable bonds is 4. The molecule has 0 aromatic heterocycles. The largest absolute Gasteiger partial charge is 0.463 e. The van der Waals surface area contributed by atoms with Crippen molar-refractivity contribution >= 4 is 17.6 Å². The summed E-state index contributed by atoms with van der Waals surface area (Å²) in [6.07, 6.45) is 3.71. The molecule has 1 aromatic carbocycles. The van der Waals surface area contributed by atoms with Gasteiger partial charge in [0.25, 0.3) is 5.90 Å². The van der Waals surface area contributed by atoms with Crippen molar-refractivity contribution in [2.45, 2.75) is 6.92 Å². The van der Waals surface area contributed by atoms with E-state index in [9.17, 15) is 4.79 Å². The van der Waals surface area contributed by atoms with Crippen LogP contribution in [0.5, 0.6) is 11.5 Å². The fraction of sp³-hybridized carbons (Fsp3) is 0.133. The van der Waals surface area contributed by atoms with E-state index in [1.807, 2.05) is 0 Å². The van der Waals surface area contributed by atoms with E-state index in [1.165, 1.54) is 12.2 Å². The average Bonchev–Trinajstić information content (AvgIpc) is 2.46. The second-order valence-corrected chi connectivity index (χ2v) is 4.03. The van der Waals surface area contributed by atoms with Crippen LogP contribution >= 0.6 is 0 Å². The van der Waals surface area contributed by atoms with Crippen LogP contribution in [0.15, 0.2) is 48.3 Å². The van der Waals surface area contributed by atoms with Gasteiger partial charge in [0.1, 0.15) is 0 Å². The molecule has 0 amide bonds. The maximum Gasteiger partial charge on any atom is 0.330 e. The van der Waals surface area contributed by atoms with E-state index in [0.29, 0.717) is 11.5 Å². The first-order chi connectivity index (χ1) is 10.1. The van der Waals surface area contributed by atoms with E-state index in [2.05, 4.69) is 0 Å². The predicted octanol–water partition coefficient (Wildman–Crippen LogP) is 2.46. The number of benzene rings is 1. The second kappa shape index (κ2) is 6.51. The van der Waals surface area contributed by atoms with Gasteiger partial charge in [-0.05, 0) is 25.1 Å². The second-order valence-electron chi connectivity index (χ2n) is 4.03. The third-order valence-corrected chi connectivity index (χ3v) is 2.48. The van der Waals surface area contributed by atoms with Crippen LogP contribution in [0.25, 0.3) is 0 Å². The Balaban J connectivity index is 2.10. The first kappa shape index (κ1) is 14.5. The van der Waals surface area contributed by atoms with E-state index in [1.54, 1.807) is 31.2 Å². The van der Waals surface area contributed by atoms with Gasteiger partial charge >= 0.3 is 5.97 Å². The number of fused-ring (bicyclic) bond motifs is 1. The van der Waals surface area contributed by atoms with Gasteiger partial charge in [0.15, 0.2) is 17.3 Å². The lowest BCUT2D eigenvalue weighted by molar-refractivity contribution is -0.137. The number of carbonyl (C=O) groups excluding carboxylic acids is 1. The van der Waals surface area contributed by atoms with E-state index in [-0.39, 0.29) is 24.0 Å². The molecule has 108 valence electrons. The highest BCUT2D eigenvalue weighted by Crippen LogP contribution is 2.32. The standard InChI is InChI=1S/C15H14N2O4/c1-2-19-14(18)8-7-10(16)9-13-15(17)21-12-6-4-3-5-11(12)20-13/h3-9,16-17H,2H2,1H3/b8-7+,13-9+,16-10?,17-15?. The van der Waals surface area contributed by atoms with Crippen molar-refractivity contribution in [3.05, 3.63) is 48.3 Å². The quantitative estimate of drug-likeness (QED) is 0.505. The van der Waals surface area contributed by atoms with Gasteiger partial charge < -0.3 is 19.6 Å². The Morgan fingerprint density at radius 2 is 1.90 bits per heavy atom. The summed E-state index contributed by atoms with van der Waals surface area (Å²) in [6, 6.07) is 6.94. The van der Waals surface area contributed by atoms with Gasteiger partial charge in [-0.1, -0.05) is 12.1 Å². The van der Waals surface area contributed by atoms with Crippen LogP contribution in [-0.4, -0.2) is 24.2 Å². The Bertz CT molecular complexity index is 647. The molecule has 1 aliphatic heterocycles. The highest BCUT2D eigenvalue weighted by atomic mass is 16.6. The molecule has 0 saturated carbocycles. The molecule has 6 heteroatoms. The molecule has 0 atom stereocenters. The zero-order valence-corrected chi connectivity index (χ0v) is 11.4. The van der Waals surface area contributed by atoms with Crippen LogP contribution in [0.4, 0.5) is 0 Å². The highest BCUT2D eigenvalue weighted by molar-refractivity contribution is 6.09. The van der Waals surface area contributed by atoms with Crippen molar-refractivity contribution in [2.24, 2.45) is 0 Å². The molecule has 1 aliphatic rings. The number of nitrogens with one attached hydrogen (secondary N) is 2. The lowest BCUT2D eigenvalue weighted by Gasteiger charge is -2.20. The molecule has 2 N–H and O–H groups in total. The lowest BCUT2D eigenvalue weighted by atomic mass is 10.2. The third-order valence-electron chi connectivity index (χ3n) is 2.48. The molecule has 0 aliphatic carbocycles. The molecule has 0 bridgehead atoms. The van der Waals surface area contributed by atoms with Gasteiger partial charge in [0.2, 0.25) is 0 Å². The summed E-state index contributed by atoms with van der Waals surface area (Å²) in [7, 11) is 0. The van der Waals surface area contributed by atoms with Crippen molar-refractivity contribution in [3.63, 3.8) is 0 Å². The van der Waals surface area contributed by atoms with Crippen molar-refractivity contribution in [2.75, 3.05) is 6.61 Å². The van der Waals surface area contributed by atoms with Crippen LogP contribution < -0.4 is 9.47 Å². The first-order valence-electron chi connectivity index (χ1n) is 6.29. The Hall–Kier alpha value is -2.89. The summed E-state index contributed by atoms with van der Waals surface area (Å²) in [5, 5.41) is 15.4. The summed E-state index contributed by atoms with van der Waals surface area (Å²) in [5.41, 5.74) is -0.00853. The van der Waals surface area contributed by atoms with Crippen LogP contribution in [0.3, 0.4) is 0 Å². The summed E-state index contributed by atoms with van der Waals surface area (Å²) in [6.45, 7) is 1.97. The summed E-state index contributed by atoms with van der Waals surface area (Å²) in [5.74, 6) is 0.312. The van der Waals surface area contributed by atoms with Crippen LogP contribution in [0.2, 0.25) is 0 Å². The monoisotopic (exact) mass is 286 g/mol. The SMILES string of the molecule is CCOC(=O)/C=C/C(=N)/C=C1/Oc2ccccc2OC1=N. The number of hydrogen-bond acceptors (Lipinski definition) is 6. The fourth-order valence-corrected chi connectivity index (χ4v) is 1.58. The average molecular weight is 286 g/mol. The Morgan fingerprint density at radius 1 is 1.24 bits per heavy atom. The predicted molar refractivity (Wildman–Crippen MR) is 77.0 cm³/mol. The molecule has 1 heterocycles. The number of ether oxygens (including phenoxy) is 3. The molecule has 1 aromatic rings. The number of allylic oxidation sites excluding steroid dienone is 2. The van der Waals surface area contributed by atoms with Gasteiger partial charge in [0, 0.05) is 12.2 Å². The normalized spacial score (nSPS) is 15.3.